The molecule has 0 aromatic carbocycles. The highest BCUT2D eigenvalue weighted by Gasteiger charge is 2.35. The van der Waals surface area contributed by atoms with E-state index in [-0.39, 0.29) is 0 Å². The van der Waals surface area contributed by atoms with Gasteiger partial charge in [0.05, 0.1) is 6.04 Å². The maximum atomic E-state index is 4.52. The first-order chi connectivity index (χ1) is 8.76. The fraction of sp³-hybridized carbons (Fsp3) is 0.667. The first kappa shape index (κ1) is 12.4. The van der Waals surface area contributed by atoms with E-state index in [0.29, 0.717) is 6.04 Å². The highest BCUT2D eigenvalue weighted by atomic mass is 32.1. The van der Waals surface area contributed by atoms with Crippen LogP contribution >= 0.6 is 11.3 Å². The maximum Gasteiger partial charge on any atom is 0.109 e. The van der Waals surface area contributed by atoms with Crippen molar-refractivity contribution in [3.8, 4) is 0 Å². The van der Waals surface area contributed by atoms with Crippen LogP contribution in [0.4, 0.5) is 0 Å². The van der Waals surface area contributed by atoms with Crippen molar-refractivity contribution >= 4 is 11.3 Å². The van der Waals surface area contributed by atoms with Gasteiger partial charge in [0.25, 0.3) is 0 Å². The Balaban J connectivity index is 1.52. The van der Waals surface area contributed by atoms with Crippen LogP contribution in [0.5, 0.6) is 0 Å². The molecule has 2 nitrogen and oxygen atoms in total. The molecule has 3 rings (SSSR count). The SMILES string of the molecule is CCc1cnc(C(C)NCC2CC3C=CC2C3)s1. The minimum atomic E-state index is 0.401. The lowest BCUT2D eigenvalue weighted by molar-refractivity contribution is 0.393. The Morgan fingerprint density at radius 3 is 2.94 bits per heavy atom. The second-order valence-electron chi connectivity index (χ2n) is 5.69. The van der Waals surface area contributed by atoms with Crippen LogP contribution in [0.1, 0.15) is 42.6 Å². The van der Waals surface area contributed by atoms with Crippen molar-refractivity contribution in [3.05, 3.63) is 28.2 Å². The van der Waals surface area contributed by atoms with E-state index in [1.165, 1.54) is 22.7 Å². The van der Waals surface area contributed by atoms with Crippen molar-refractivity contribution in [1.82, 2.24) is 10.3 Å². The molecule has 3 heteroatoms. The molecule has 0 spiro atoms. The Labute approximate surface area is 114 Å². The summed E-state index contributed by atoms with van der Waals surface area (Å²) in [6.07, 6.45) is 10.8. The van der Waals surface area contributed by atoms with Gasteiger partial charge in [-0.3, -0.25) is 0 Å². The average molecular weight is 262 g/mol. The largest absolute Gasteiger partial charge is 0.308 e. The standard InChI is InChI=1S/C15H22N2S/c1-3-14-9-17-15(18-14)10(2)16-8-13-7-11-4-5-12(13)6-11/h4-5,9-13,16H,3,6-8H2,1-2H3. The van der Waals surface area contributed by atoms with Gasteiger partial charge in [-0.25, -0.2) is 4.98 Å². The number of fused-ring (bicyclic) bond motifs is 2. The molecule has 2 bridgehead atoms. The van der Waals surface area contributed by atoms with Crippen LogP contribution in [-0.4, -0.2) is 11.5 Å². The number of allylic oxidation sites excluding steroid dienone is 2. The van der Waals surface area contributed by atoms with Crippen LogP contribution in [0.3, 0.4) is 0 Å². The van der Waals surface area contributed by atoms with Crippen LogP contribution in [0.15, 0.2) is 18.3 Å². The van der Waals surface area contributed by atoms with E-state index in [1.807, 2.05) is 17.5 Å². The first-order valence-electron chi connectivity index (χ1n) is 7.12. The second-order valence-corrected chi connectivity index (χ2v) is 6.84. The lowest BCUT2D eigenvalue weighted by Gasteiger charge is -2.20. The molecular weight excluding hydrogens is 240 g/mol. The third kappa shape index (κ3) is 2.39. The van der Waals surface area contributed by atoms with Gasteiger partial charge >= 0.3 is 0 Å². The van der Waals surface area contributed by atoms with E-state index in [2.05, 4.69) is 36.3 Å². The topological polar surface area (TPSA) is 24.9 Å². The van der Waals surface area contributed by atoms with Gasteiger partial charge in [0.15, 0.2) is 0 Å². The van der Waals surface area contributed by atoms with Crippen LogP contribution in [0.25, 0.3) is 0 Å². The highest BCUT2D eigenvalue weighted by Crippen LogP contribution is 2.43. The zero-order valence-corrected chi connectivity index (χ0v) is 12.0. The van der Waals surface area contributed by atoms with Gasteiger partial charge in [-0.15, -0.1) is 11.3 Å². The van der Waals surface area contributed by atoms with Gasteiger partial charge in [-0.05, 0) is 50.5 Å². The summed E-state index contributed by atoms with van der Waals surface area (Å²) in [5.41, 5.74) is 0. The molecule has 0 aliphatic heterocycles. The Bertz CT molecular complexity index is 437. The predicted octanol–water partition coefficient (Wildman–Crippen LogP) is 3.57. The zero-order chi connectivity index (χ0) is 12.5. The number of nitrogens with one attached hydrogen (secondary N) is 1. The number of nitrogens with zero attached hydrogens (tertiary/aromatic N) is 1. The van der Waals surface area contributed by atoms with Gasteiger partial charge in [0.2, 0.25) is 0 Å². The Kier molecular flexibility index (Phi) is 3.53. The Hall–Kier alpha value is -0.670. The first-order valence-corrected chi connectivity index (χ1v) is 7.94. The fourth-order valence-electron chi connectivity index (χ4n) is 3.23. The summed E-state index contributed by atoms with van der Waals surface area (Å²) < 4.78 is 0. The summed E-state index contributed by atoms with van der Waals surface area (Å²) in [7, 11) is 0. The summed E-state index contributed by atoms with van der Waals surface area (Å²) in [5, 5.41) is 4.92. The maximum absolute atomic E-state index is 4.52. The smallest absolute Gasteiger partial charge is 0.109 e. The van der Waals surface area contributed by atoms with E-state index in [9.17, 15) is 0 Å². The van der Waals surface area contributed by atoms with Crippen LogP contribution in [0, 0.1) is 17.8 Å². The van der Waals surface area contributed by atoms with Crippen LogP contribution in [0.2, 0.25) is 0 Å². The molecule has 2 aliphatic rings. The molecule has 0 saturated heterocycles. The van der Waals surface area contributed by atoms with Crippen LogP contribution in [-0.2, 0) is 6.42 Å². The molecule has 1 fully saturated rings. The second kappa shape index (κ2) is 5.14. The number of hydrogen-bond donors (Lipinski definition) is 1. The monoisotopic (exact) mass is 262 g/mol. The molecule has 2 aliphatic carbocycles. The van der Waals surface area contributed by atoms with Gasteiger partial charge in [-0.1, -0.05) is 19.1 Å². The molecule has 1 N–H and O–H groups in total. The van der Waals surface area contributed by atoms with E-state index in [1.54, 1.807) is 0 Å². The molecule has 1 aromatic heterocycles. The highest BCUT2D eigenvalue weighted by molar-refractivity contribution is 7.11. The fourth-order valence-corrected chi connectivity index (χ4v) is 4.11. The molecule has 4 atom stereocenters. The molecular formula is C15H22N2S. The Morgan fingerprint density at radius 2 is 2.33 bits per heavy atom. The molecule has 1 saturated carbocycles. The Morgan fingerprint density at radius 1 is 1.44 bits per heavy atom. The third-order valence-corrected chi connectivity index (χ3v) is 5.72. The average Bonchev–Trinajstić information content (AvgIpc) is 3.10. The molecule has 0 radical (unpaired) electrons. The van der Waals surface area contributed by atoms with Gasteiger partial charge in [0, 0.05) is 11.1 Å². The van der Waals surface area contributed by atoms with Crippen molar-refractivity contribution in [2.45, 2.75) is 39.2 Å². The van der Waals surface area contributed by atoms with E-state index in [0.717, 1.165) is 30.7 Å². The number of aryl methyl sites for hydroxylation is 1. The lowest BCUT2D eigenvalue weighted by atomic mass is 9.93. The number of thiazole rings is 1. The van der Waals surface area contributed by atoms with E-state index >= 15 is 0 Å². The summed E-state index contributed by atoms with van der Waals surface area (Å²) in [5.74, 6) is 2.58. The minimum absolute atomic E-state index is 0.401. The molecule has 1 heterocycles. The molecule has 0 amide bonds. The van der Waals surface area contributed by atoms with Crippen molar-refractivity contribution in [3.63, 3.8) is 0 Å². The third-order valence-electron chi connectivity index (χ3n) is 4.39. The number of hydrogen-bond acceptors (Lipinski definition) is 3. The van der Waals surface area contributed by atoms with Crippen molar-refractivity contribution in [2.75, 3.05) is 6.54 Å². The van der Waals surface area contributed by atoms with E-state index < -0.39 is 0 Å². The molecule has 98 valence electrons. The van der Waals surface area contributed by atoms with Crippen molar-refractivity contribution < 1.29 is 0 Å². The summed E-state index contributed by atoms with van der Waals surface area (Å²) >= 11 is 1.85. The van der Waals surface area contributed by atoms with Crippen LogP contribution < -0.4 is 5.32 Å². The van der Waals surface area contributed by atoms with Gasteiger partial charge in [0.1, 0.15) is 5.01 Å². The normalized spacial score (nSPS) is 31.1. The quantitative estimate of drug-likeness (QED) is 0.821. The molecule has 18 heavy (non-hydrogen) atoms. The van der Waals surface area contributed by atoms with Crippen molar-refractivity contribution in [2.24, 2.45) is 17.8 Å². The zero-order valence-electron chi connectivity index (χ0n) is 11.2. The number of aromatic nitrogens is 1. The molecule has 1 aromatic rings. The summed E-state index contributed by atoms with van der Waals surface area (Å²) in [4.78, 5) is 5.91. The molecule has 4 unspecified atom stereocenters. The summed E-state index contributed by atoms with van der Waals surface area (Å²) in [6, 6.07) is 0.401. The van der Waals surface area contributed by atoms with Crippen molar-refractivity contribution in [1.29, 1.82) is 0 Å². The predicted molar refractivity (Wildman–Crippen MR) is 76.8 cm³/mol. The summed E-state index contributed by atoms with van der Waals surface area (Å²) in [6.45, 7) is 5.58. The van der Waals surface area contributed by atoms with Gasteiger partial charge in [-0.2, -0.15) is 0 Å². The number of rotatable bonds is 5. The minimum Gasteiger partial charge on any atom is -0.308 e. The lowest BCUT2D eigenvalue weighted by Crippen LogP contribution is -2.27. The van der Waals surface area contributed by atoms with E-state index in [4.69, 9.17) is 0 Å². The van der Waals surface area contributed by atoms with Gasteiger partial charge < -0.3 is 5.32 Å².